The van der Waals surface area contributed by atoms with E-state index in [1.165, 1.54) is 0 Å². The summed E-state index contributed by atoms with van der Waals surface area (Å²) in [4.78, 5) is 11.0. The Labute approximate surface area is 95.0 Å². The van der Waals surface area contributed by atoms with Gasteiger partial charge in [-0.05, 0) is 25.8 Å². The number of hydrogen-bond acceptors (Lipinski definition) is 2. The van der Waals surface area contributed by atoms with Crippen molar-refractivity contribution in [3.63, 3.8) is 0 Å². The Morgan fingerprint density at radius 1 is 1.38 bits per heavy atom. The van der Waals surface area contributed by atoms with E-state index < -0.39 is 11.4 Å². The molecule has 1 fully saturated rings. The summed E-state index contributed by atoms with van der Waals surface area (Å²) < 4.78 is 5.53. The van der Waals surface area contributed by atoms with Crippen molar-refractivity contribution in [1.82, 2.24) is 0 Å². The number of benzene rings is 1. The molecule has 2 atom stereocenters. The van der Waals surface area contributed by atoms with E-state index >= 15 is 0 Å². The fraction of sp³-hybridized carbons (Fsp3) is 0.462. The first-order valence-corrected chi connectivity index (χ1v) is 5.44. The van der Waals surface area contributed by atoms with Crippen LogP contribution >= 0.6 is 0 Å². The Balaban J connectivity index is 1.96. The van der Waals surface area contributed by atoms with Gasteiger partial charge in [0.1, 0.15) is 6.10 Å². The number of hydrogen-bond donors (Lipinski definition) is 1. The number of carbonyl (C=O) groups is 1. The summed E-state index contributed by atoms with van der Waals surface area (Å²) in [5.41, 5.74) is 0.419. The second kappa shape index (κ2) is 3.91. The number of aliphatic carboxylic acids is 1. The number of carboxylic acids is 1. The molecule has 0 radical (unpaired) electrons. The minimum Gasteiger partial charge on any atom is -0.481 e. The van der Waals surface area contributed by atoms with Crippen LogP contribution in [0.2, 0.25) is 0 Å². The Morgan fingerprint density at radius 2 is 2.00 bits per heavy atom. The smallest absolute Gasteiger partial charge is 0.309 e. The van der Waals surface area contributed by atoms with Gasteiger partial charge < -0.3 is 9.84 Å². The highest BCUT2D eigenvalue weighted by Gasteiger charge is 2.45. The molecule has 0 aromatic heterocycles. The second-order valence-corrected chi connectivity index (χ2v) is 4.90. The minimum absolute atomic E-state index is 0.0495. The SMILES string of the molecule is CC(C)(CC1OC1c1ccccc1)C(=O)O. The van der Waals surface area contributed by atoms with Gasteiger partial charge in [0.15, 0.2) is 0 Å². The van der Waals surface area contributed by atoms with Gasteiger partial charge in [-0.25, -0.2) is 0 Å². The predicted molar refractivity (Wildman–Crippen MR) is 60.1 cm³/mol. The largest absolute Gasteiger partial charge is 0.481 e. The Kier molecular flexibility index (Phi) is 2.72. The quantitative estimate of drug-likeness (QED) is 0.793. The van der Waals surface area contributed by atoms with Gasteiger partial charge in [0.2, 0.25) is 0 Å². The molecule has 2 unspecified atom stereocenters. The van der Waals surface area contributed by atoms with E-state index in [4.69, 9.17) is 9.84 Å². The summed E-state index contributed by atoms with van der Waals surface area (Å²) in [6.07, 6.45) is 0.690. The van der Waals surface area contributed by atoms with Crippen molar-refractivity contribution in [3.05, 3.63) is 35.9 Å². The first-order chi connectivity index (χ1) is 7.50. The third-order valence-electron chi connectivity index (χ3n) is 3.00. The maximum Gasteiger partial charge on any atom is 0.309 e. The Bertz CT molecular complexity index is 383. The highest BCUT2D eigenvalue weighted by Crippen LogP contribution is 2.44. The third-order valence-corrected chi connectivity index (χ3v) is 3.00. The molecule has 1 aliphatic rings. The lowest BCUT2D eigenvalue weighted by molar-refractivity contribution is -0.147. The second-order valence-electron chi connectivity index (χ2n) is 4.90. The summed E-state index contributed by atoms with van der Waals surface area (Å²) in [6, 6.07) is 9.92. The van der Waals surface area contributed by atoms with Crippen LogP contribution in [0.25, 0.3) is 0 Å². The monoisotopic (exact) mass is 220 g/mol. The molecule has 3 heteroatoms. The molecule has 1 aromatic rings. The van der Waals surface area contributed by atoms with Gasteiger partial charge in [0.05, 0.1) is 11.5 Å². The number of epoxide rings is 1. The Hall–Kier alpha value is -1.35. The fourth-order valence-corrected chi connectivity index (χ4v) is 1.82. The summed E-state index contributed by atoms with van der Waals surface area (Å²) in [5.74, 6) is -0.769. The van der Waals surface area contributed by atoms with Crippen molar-refractivity contribution in [2.75, 3.05) is 0 Å². The molecule has 16 heavy (non-hydrogen) atoms. The molecule has 0 amide bonds. The van der Waals surface area contributed by atoms with Crippen LogP contribution in [0.3, 0.4) is 0 Å². The molecule has 0 bridgehead atoms. The normalized spacial score (nSPS) is 24.1. The van der Waals surface area contributed by atoms with Crippen molar-refractivity contribution in [1.29, 1.82) is 0 Å². The highest BCUT2D eigenvalue weighted by atomic mass is 16.6. The molecule has 1 aromatic carbocycles. The molecule has 2 rings (SSSR count). The fourth-order valence-electron chi connectivity index (χ4n) is 1.82. The first-order valence-electron chi connectivity index (χ1n) is 5.44. The molecule has 3 nitrogen and oxygen atoms in total. The standard InChI is InChI=1S/C13H16O3/c1-13(2,12(14)15)8-10-11(16-10)9-6-4-3-5-7-9/h3-7,10-11H,8H2,1-2H3,(H,14,15). The van der Waals surface area contributed by atoms with E-state index in [0.717, 1.165) is 5.56 Å². The van der Waals surface area contributed by atoms with Crippen molar-refractivity contribution in [3.8, 4) is 0 Å². The summed E-state index contributed by atoms with van der Waals surface area (Å²) in [5, 5.41) is 9.02. The molecule has 1 N–H and O–H groups in total. The van der Waals surface area contributed by atoms with Crippen LogP contribution in [0.5, 0.6) is 0 Å². The minimum atomic E-state index is -0.769. The number of ether oxygens (including phenoxy) is 1. The Morgan fingerprint density at radius 3 is 2.56 bits per heavy atom. The maximum absolute atomic E-state index is 11.0. The van der Waals surface area contributed by atoms with E-state index in [0.29, 0.717) is 6.42 Å². The summed E-state index contributed by atoms with van der Waals surface area (Å²) in [7, 11) is 0. The molecule has 1 heterocycles. The predicted octanol–water partition coefficient (Wildman–Crippen LogP) is 2.63. The first kappa shape index (κ1) is 11.1. The van der Waals surface area contributed by atoms with Gasteiger partial charge in [-0.3, -0.25) is 4.79 Å². The molecule has 0 saturated carbocycles. The molecular weight excluding hydrogens is 204 g/mol. The molecule has 1 aliphatic heterocycles. The topological polar surface area (TPSA) is 49.8 Å². The summed E-state index contributed by atoms with van der Waals surface area (Å²) in [6.45, 7) is 3.47. The van der Waals surface area contributed by atoms with Gasteiger partial charge in [-0.15, -0.1) is 0 Å². The molecule has 86 valence electrons. The zero-order valence-electron chi connectivity index (χ0n) is 9.51. The highest BCUT2D eigenvalue weighted by molar-refractivity contribution is 5.73. The molecule has 1 saturated heterocycles. The van der Waals surface area contributed by atoms with Gasteiger partial charge >= 0.3 is 5.97 Å². The average molecular weight is 220 g/mol. The van der Waals surface area contributed by atoms with Gasteiger partial charge in [0, 0.05) is 0 Å². The van der Waals surface area contributed by atoms with E-state index in [-0.39, 0.29) is 12.2 Å². The van der Waals surface area contributed by atoms with Crippen LogP contribution in [0, 0.1) is 5.41 Å². The molecule has 0 aliphatic carbocycles. The lowest BCUT2D eigenvalue weighted by Gasteiger charge is -2.17. The van der Waals surface area contributed by atoms with Crippen molar-refractivity contribution in [2.45, 2.75) is 32.5 Å². The van der Waals surface area contributed by atoms with Crippen molar-refractivity contribution in [2.24, 2.45) is 5.41 Å². The van der Waals surface area contributed by atoms with Crippen LogP contribution in [0.1, 0.15) is 31.9 Å². The lowest BCUT2D eigenvalue weighted by atomic mass is 9.86. The zero-order chi connectivity index (χ0) is 11.8. The van der Waals surface area contributed by atoms with E-state index in [2.05, 4.69) is 0 Å². The van der Waals surface area contributed by atoms with Crippen LogP contribution in [0.4, 0.5) is 0 Å². The lowest BCUT2D eigenvalue weighted by Crippen LogP contribution is -2.25. The van der Waals surface area contributed by atoms with E-state index in [1.54, 1.807) is 13.8 Å². The average Bonchev–Trinajstić information content (AvgIpc) is 2.97. The maximum atomic E-state index is 11.0. The molecule has 0 spiro atoms. The van der Waals surface area contributed by atoms with Gasteiger partial charge in [-0.1, -0.05) is 30.3 Å². The van der Waals surface area contributed by atoms with Crippen LogP contribution in [-0.2, 0) is 9.53 Å². The van der Waals surface area contributed by atoms with Gasteiger partial charge in [0.25, 0.3) is 0 Å². The number of carboxylic acid groups (broad SMARTS) is 1. The van der Waals surface area contributed by atoms with Crippen molar-refractivity contribution >= 4 is 5.97 Å². The van der Waals surface area contributed by atoms with Gasteiger partial charge in [-0.2, -0.15) is 0 Å². The van der Waals surface area contributed by atoms with Crippen LogP contribution in [0.15, 0.2) is 30.3 Å². The van der Waals surface area contributed by atoms with Crippen molar-refractivity contribution < 1.29 is 14.6 Å². The van der Waals surface area contributed by atoms with Crippen LogP contribution < -0.4 is 0 Å². The third kappa shape index (κ3) is 2.25. The molecular formula is C13H16O3. The number of rotatable bonds is 4. The van der Waals surface area contributed by atoms with E-state index in [1.807, 2.05) is 30.3 Å². The summed E-state index contributed by atoms with van der Waals surface area (Å²) >= 11 is 0. The van der Waals surface area contributed by atoms with E-state index in [9.17, 15) is 4.79 Å². The van der Waals surface area contributed by atoms with Crippen LogP contribution in [-0.4, -0.2) is 17.2 Å². The zero-order valence-corrected chi connectivity index (χ0v) is 9.51.